The van der Waals surface area contributed by atoms with Crippen LogP contribution in [0, 0.1) is 6.92 Å². The number of amides is 1. The number of morpholine rings is 1. The molecule has 2 aromatic heterocycles. The van der Waals surface area contributed by atoms with Gasteiger partial charge < -0.3 is 19.8 Å². The SMILES string of the molecule is Cc1cccc(C(=O)N2CCC3(CC2)CN(Cc2cccnc2)CCO3)n1.O=C(O)C(F)(F)F.O=C(O)C(F)(F)F. The minimum Gasteiger partial charge on any atom is -0.475 e. The van der Waals surface area contributed by atoms with Crippen molar-refractivity contribution < 1.29 is 55.7 Å². The van der Waals surface area contributed by atoms with Crippen LogP contribution < -0.4 is 0 Å². The molecule has 0 radical (unpaired) electrons. The number of rotatable bonds is 3. The smallest absolute Gasteiger partial charge is 0.475 e. The molecule has 0 atom stereocenters. The molecular weight excluding hydrogens is 566 g/mol. The van der Waals surface area contributed by atoms with E-state index in [1.54, 1.807) is 12.3 Å². The lowest BCUT2D eigenvalue weighted by molar-refractivity contribution is -0.193. The lowest BCUT2D eigenvalue weighted by atomic mass is 9.89. The fraction of sp³-hybridized carbons (Fsp3) is 0.480. The highest BCUT2D eigenvalue weighted by atomic mass is 19.4. The summed E-state index contributed by atoms with van der Waals surface area (Å²) in [5.41, 5.74) is 2.49. The quantitative estimate of drug-likeness (QED) is 0.512. The van der Waals surface area contributed by atoms with Gasteiger partial charge in [0.25, 0.3) is 5.91 Å². The third-order valence-electron chi connectivity index (χ3n) is 6.01. The van der Waals surface area contributed by atoms with Gasteiger partial charge in [0.05, 0.1) is 12.2 Å². The Balaban J connectivity index is 0.000000349. The van der Waals surface area contributed by atoms with Crippen LogP contribution in [0.25, 0.3) is 0 Å². The number of carbonyl (C=O) groups is 3. The van der Waals surface area contributed by atoms with E-state index in [1.165, 1.54) is 5.56 Å². The molecule has 41 heavy (non-hydrogen) atoms. The number of aryl methyl sites for hydroxylation is 1. The highest BCUT2D eigenvalue weighted by Crippen LogP contribution is 2.31. The minimum atomic E-state index is -5.08. The number of hydrogen-bond donors (Lipinski definition) is 2. The predicted molar refractivity (Wildman–Crippen MR) is 130 cm³/mol. The number of likely N-dealkylation sites (tertiary alicyclic amines) is 1. The summed E-state index contributed by atoms with van der Waals surface area (Å²) in [5.74, 6) is -5.49. The lowest BCUT2D eigenvalue weighted by Gasteiger charge is -2.47. The molecule has 1 spiro atoms. The number of hydrogen-bond acceptors (Lipinski definition) is 7. The van der Waals surface area contributed by atoms with Crippen LogP contribution in [0.2, 0.25) is 0 Å². The number of carboxylic acids is 2. The Kier molecular flexibility index (Phi) is 11.6. The van der Waals surface area contributed by atoms with E-state index in [4.69, 9.17) is 24.5 Å². The maximum atomic E-state index is 12.7. The van der Waals surface area contributed by atoms with Crippen molar-refractivity contribution in [2.24, 2.45) is 0 Å². The first-order valence-corrected chi connectivity index (χ1v) is 12.1. The molecule has 0 saturated carbocycles. The normalized spacial score (nSPS) is 17.0. The minimum absolute atomic E-state index is 0.0246. The molecule has 16 heteroatoms. The summed E-state index contributed by atoms with van der Waals surface area (Å²) >= 11 is 0. The van der Waals surface area contributed by atoms with Crippen molar-refractivity contribution in [3.05, 3.63) is 59.7 Å². The first-order valence-electron chi connectivity index (χ1n) is 12.1. The van der Waals surface area contributed by atoms with E-state index < -0.39 is 24.3 Å². The van der Waals surface area contributed by atoms with Crippen molar-refractivity contribution in [2.45, 2.75) is 44.3 Å². The zero-order valence-electron chi connectivity index (χ0n) is 21.8. The number of aliphatic carboxylic acids is 2. The lowest BCUT2D eigenvalue weighted by Crippen LogP contribution is -2.57. The molecule has 1 amide bonds. The van der Waals surface area contributed by atoms with Crippen LogP contribution in [0.15, 0.2) is 42.7 Å². The highest BCUT2D eigenvalue weighted by molar-refractivity contribution is 5.92. The maximum Gasteiger partial charge on any atom is 0.490 e. The first-order chi connectivity index (χ1) is 19.0. The van der Waals surface area contributed by atoms with Gasteiger partial charge in [-0.25, -0.2) is 14.6 Å². The number of ether oxygens (including phenoxy) is 1. The first kappa shape index (κ1) is 33.4. The molecule has 2 aliphatic rings. The summed E-state index contributed by atoms with van der Waals surface area (Å²) in [7, 11) is 0. The van der Waals surface area contributed by atoms with Gasteiger partial charge in [0.15, 0.2) is 0 Å². The predicted octanol–water partition coefficient (Wildman–Crippen LogP) is 3.56. The van der Waals surface area contributed by atoms with Crippen molar-refractivity contribution in [2.75, 3.05) is 32.8 Å². The second kappa shape index (κ2) is 14.2. The number of pyridine rings is 2. The molecule has 2 fully saturated rings. The van der Waals surface area contributed by atoms with E-state index >= 15 is 0 Å². The molecule has 0 bridgehead atoms. The molecule has 10 nitrogen and oxygen atoms in total. The summed E-state index contributed by atoms with van der Waals surface area (Å²) in [6.45, 7) is 6.83. The average molecular weight is 595 g/mol. The van der Waals surface area contributed by atoms with Gasteiger partial charge in [-0.2, -0.15) is 26.3 Å². The summed E-state index contributed by atoms with van der Waals surface area (Å²) in [4.78, 5) is 43.5. The van der Waals surface area contributed by atoms with Crippen LogP contribution in [0.5, 0.6) is 0 Å². The summed E-state index contributed by atoms with van der Waals surface area (Å²) in [6, 6.07) is 9.70. The molecule has 4 heterocycles. The maximum absolute atomic E-state index is 12.7. The number of alkyl halides is 6. The summed E-state index contributed by atoms with van der Waals surface area (Å²) in [5, 5.41) is 14.2. The fourth-order valence-electron chi connectivity index (χ4n) is 4.05. The third-order valence-corrected chi connectivity index (χ3v) is 6.01. The Morgan fingerprint density at radius 1 is 0.951 bits per heavy atom. The largest absolute Gasteiger partial charge is 0.490 e. The molecule has 0 aliphatic carbocycles. The van der Waals surface area contributed by atoms with Gasteiger partial charge in [0.1, 0.15) is 5.69 Å². The molecule has 226 valence electrons. The Morgan fingerprint density at radius 2 is 1.54 bits per heavy atom. The summed E-state index contributed by atoms with van der Waals surface area (Å²) in [6.07, 6.45) is -4.69. The molecule has 0 unspecified atom stereocenters. The van der Waals surface area contributed by atoms with Crippen LogP contribution >= 0.6 is 0 Å². The van der Waals surface area contributed by atoms with Crippen LogP contribution in [-0.2, 0) is 20.9 Å². The van der Waals surface area contributed by atoms with Gasteiger partial charge in [-0.3, -0.25) is 14.7 Å². The zero-order chi connectivity index (χ0) is 30.8. The van der Waals surface area contributed by atoms with E-state index in [0.29, 0.717) is 5.69 Å². The Bertz CT molecular complexity index is 1150. The van der Waals surface area contributed by atoms with Crippen LogP contribution in [-0.4, -0.2) is 98.6 Å². The Labute approximate surface area is 230 Å². The molecular formula is C25H28F6N4O6. The third kappa shape index (κ3) is 11.0. The standard InChI is InChI=1S/C21H26N4O2.2C2HF3O2/c1-17-4-2-6-19(23-17)20(26)25-10-7-21(8-11-25)16-24(12-13-27-21)15-18-5-3-9-22-14-18;2*3-2(4,5)1(6)7/h2-6,9,14H,7-8,10-13,15-16H2,1H3;2*(H,6,7). The average Bonchev–Trinajstić information content (AvgIpc) is 2.89. The van der Waals surface area contributed by atoms with Crippen molar-refractivity contribution >= 4 is 17.8 Å². The van der Waals surface area contributed by atoms with E-state index in [2.05, 4.69) is 20.9 Å². The van der Waals surface area contributed by atoms with Crippen molar-refractivity contribution in [1.82, 2.24) is 19.8 Å². The van der Waals surface area contributed by atoms with Crippen LogP contribution in [0.1, 0.15) is 34.6 Å². The van der Waals surface area contributed by atoms with Crippen LogP contribution in [0.3, 0.4) is 0 Å². The number of piperidine rings is 1. The molecule has 0 aromatic carbocycles. The number of halogens is 6. The van der Waals surface area contributed by atoms with Gasteiger partial charge >= 0.3 is 24.3 Å². The molecule has 2 N–H and O–H groups in total. The van der Waals surface area contributed by atoms with Gasteiger partial charge in [-0.05, 0) is 43.5 Å². The second-order valence-corrected chi connectivity index (χ2v) is 9.17. The topological polar surface area (TPSA) is 133 Å². The van der Waals surface area contributed by atoms with Crippen molar-refractivity contribution in [1.29, 1.82) is 0 Å². The van der Waals surface area contributed by atoms with Crippen LogP contribution in [0.4, 0.5) is 26.3 Å². The second-order valence-electron chi connectivity index (χ2n) is 9.17. The van der Waals surface area contributed by atoms with E-state index in [9.17, 15) is 31.1 Å². The fourth-order valence-corrected chi connectivity index (χ4v) is 4.05. The number of aromatic nitrogens is 2. The van der Waals surface area contributed by atoms with Gasteiger partial charge in [-0.15, -0.1) is 0 Å². The van der Waals surface area contributed by atoms with Crippen molar-refractivity contribution in [3.63, 3.8) is 0 Å². The van der Waals surface area contributed by atoms with E-state index in [1.807, 2.05) is 36.2 Å². The molecule has 2 aromatic rings. The Hall–Kier alpha value is -3.79. The molecule has 2 saturated heterocycles. The number of carboxylic acid groups (broad SMARTS) is 2. The zero-order valence-corrected chi connectivity index (χ0v) is 21.8. The molecule has 4 rings (SSSR count). The highest BCUT2D eigenvalue weighted by Gasteiger charge is 2.41. The monoisotopic (exact) mass is 594 g/mol. The van der Waals surface area contributed by atoms with Gasteiger partial charge in [0, 0.05) is 50.8 Å². The van der Waals surface area contributed by atoms with Gasteiger partial charge in [0.2, 0.25) is 0 Å². The van der Waals surface area contributed by atoms with Gasteiger partial charge in [-0.1, -0.05) is 12.1 Å². The van der Waals surface area contributed by atoms with E-state index in [-0.39, 0.29) is 11.5 Å². The number of nitrogens with zero attached hydrogens (tertiary/aromatic N) is 4. The number of carbonyl (C=O) groups excluding carboxylic acids is 1. The van der Waals surface area contributed by atoms with E-state index in [0.717, 1.165) is 57.9 Å². The summed E-state index contributed by atoms with van der Waals surface area (Å²) < 4.78 is 69.7. The Morgan fingerprint density at radius 3 is 2.02 bits per heavy atom. The van der Waals surface area contributed by atoms with Crippen molar-refractivity contribution in [3.8, 4) is 0 Å². The molecule has 2 aliphatic heterocycles.